The largest absolute Gasteiger partial charge is 0.460 e. The lowest BCUT2D eigenvalue weighted by molar-refractivity contribution is -0.153. The standard InChI is InChI=1S/C14H12O5/c1-2-18-14(17)12(16)7-11(15)13-10-6-4-3-5-9(10)8-19-13/h3-6,8H,2,7H2,1H3. The number of fused-ring (bicyclic) bond motifs is 1. The van der Waals surface area contributed by atoms with Crippen molar-refractivity contribution in [2.75, 3.05) is 6.61 Å². The Bertz CT molecular complexity index is 638. The summed E-state index contributed by atoms with van der Waals surface area (Å²) < 4.78 is 9.70. The van der Waals surface area contributed by atoms with Crippen molar-refractivity contribution in [2.45, 2.75) is 13.3 Å². The van der Waals surface area contributed by atoms with E-state index in [-0.39, 0.29) is 12.4 Å². The Morgan fingerprint density at radius 1 is 1.21 bits per heavy atom. The Labute approximate surface area is 109 Å². The number of carbonyl (C=O) groups excluding carboxylic acids is 3. The van der Waals surface area contributed by atoms with Crippen LogP contribution in [0.15, 0.2) is 34.9 Å². The Kier molecular flexibility index (Phi) is 3.75. The molecule has 19 heavy (non-hydrogen) atoms. The zero-order valence-corrected chi connectivity index (χ0v) is 10.3. The fraction of sp³-hybridized carbons (Fsp3) is 0.214. The summed E-state index contributed by atoms with van der Waals surface area (Å²) in [7, 11) is 0. The van der Waals surface area contributed by atoms with E-state index >= 15 is 0 Å². The van der Waals surface area contributed by atoms with Gasteiger partial charge in [0.15, 0.2) is 5.76 Å². The van der Waals surface area contributed by atoms with Crippen molar-refractivity contribution >= 4 is 28.3 Å². The van der Waals surface area contributed by atoms with Crippen molar-refractivity contribution in [2.24, 2.45) is 0 Å². The van der Waals surface area contributed by atoms with Gasteiger partial charge in [-0.3, -0.25) is 9.59 Å². The summed E-state index contributed by atoms with van der Waals surface area (Å²) in [5.74, 6) is -2.30. The molecule has 0 saturated heterocycles. The first kappa shape index (κ1) is 13.0. The molecular weight excluding hydrogens is 248 g/mol. The van der Waals surface area contributed by atoms with Gasteiger partial charge in [-0.25, -0.2) is 4.79 Å². The van der Waals surface area contributed by atoms with Gasteiger partial charge in [-0.1, -0.05) is 24.3 Å². The Morgan fingerprint density at radius 3 is 2.68 bits per heavy atom. The highest BCUT2D eigenvalue weighted by molar-refractivity contribution is 6.38. The van der Waals surface area contributed by atoms with Crippen LogP contribution in [0.4, 0.5) is 0 Å². The molecule has 0 fully saturated rings. The molecule has 1 heterocycles. The van der Waals surface area contributed by atoms with E-state index < -0.39 is 24.0 Å². The van der Waals surface area contributed by atoms with Crippen LogP contribution in [0.2, 0.25) is 0 Å². The predicted octanol–water partition coefficient (Wildman–Crippen LogP) is 2.14. The van der Waals surface area contributed by atoms with E-state index in [0.717, 1.165) is 5.39 Å². The first-order valence-corrected chi connectivity index (χ1v) is 5.83. The molecule has 2 rings (SSSR count). The van der Waals surface area contributed by atoms with Gasteiger partial charge in [0.25, 0.3) is 0 Å². The van der Waals surface area contributed by atoms with Crippen molar-refractivity contribution < 1.29 is 23.5 Å². The van der Waals surface area contributed by atoms with Crippen molar-refractivity contribution in [3.63, 3.8) is 0 Å². The molecule has 0 saturated carbocycles. The maximum atomic E-state index is 11.9. The van der Waals surface area contributed by atoms with Gasteiger partial charge in [0.1, 0.15) is 0 Å². The third kappa shape index (κ3) is 2.70. The molecule has 0 bridgehead atoms. The van der Waals surface area contributed by atoms with E-state index in [1.807, 2.05) is 6.07 Å². The molecule has 0 unspecified atom stereocenters. The van der Waals surface area contributed by atoms with E-state index in [2.05, 4.69) is 4.74 Å². The molecule has 0 atom stereocenters. The van der Waals surface area contributed by atoms with Crippen LogP contribution in [0.25, 0.3) is 10.8 Å². The first-order valence-electron chi connectivity index (χ1n) is 5.83. The van der Waals surface area contributed by atoms with Gasteiger partial charge in [-0.05, 0) is 6.92 Å². The highest BCUT2D eigenvalue weighted by atomic mass is 16.5. The number of furan rings is 1. The third-order valence-electron chi connectivity index (χ3n) is 2.59. The van der Waals surface area contributed by atoms with Gasteiger partial charge >= 0.3 is 5.97 Å². The minimum Gasteiger partial charge on any atom is -0.460 e. The number of ether oxygens (including phenoxy) is 1. The summed E-state index contributed by atoms with van der Waals surface area (Å²) in [4.78, 5) is 34.5. The third-order valence-corrected chi connectivity index (χ3v) is 2.59. The summed E-state index contributed by atoms with van der Waals surface area (Å²) in [6.45, 7) is 1.69. The van der Waals surface area contributed by atoms with Crippen LogP contribution in [-0.4, -0.2) is 24.1 Å². The first-order chi connectivity index (χ1) is 9.13. The molecule has 0 aliphatic carbocycles. The molecule has 5 heteroatoms. The molecule has 98 valence electrons. The molecule has 0 spiro atoms. The predicted molar refractivity (Wildman–Crippen MR) is 66.8 cm³/mol. The van der Waals surface area contributed by atoms with E-state index in [1.165, 1.54) is 6.26 Å². The second kappa shape index (κ2) is 5.48. The van der Waals surface area contributed by atoms with E-state index in [4.69, 9.17) is 4.42 Å². The number of carbonyl (C=O) groups is 3. The number of Topliss-reactive ketones (excluding diaryl/α,β-unsaturated/α-hetero) is 2. The van der Waals surface area contributed by atoms with Crippen molar-refractivity contribution in [1.82, 2.24) is 0 Å². The molecule has 0 aliphatic heterocycles. The smallest absolute Gasteiger partial charge is 0.375 e. The summed E-state index contributed by atoms with van der Waals surface area (Å²) in [6.07, 6.45) is 0.897. The second-order valence-electron chi connectivity index (χ2n) is 3.90. The van der Waals surface area contributed by atoms with Crippen LogP contribution >= 0.6 is 0 Å². The Morgan fingerprint density at radius 2 is 1.95 bits per heavy atom. The summed E-state index contributed by atoms with van der Waals surface area (Å²) in [5.41, 5.74) is 0. The number of ketones is 2. The van der Waals surface area contributed by atoms with Gasteiger partial charge in [-0.2, -0.15) is 0 Å². The highest BCUT2D eigenvalue weighted by Crippen LogP contribution is 2.21. The normalized spacial score (nSPS) is 10.4. The van der Waals surface area contributed by atoms with Crippen LogP contribution in [0.3, 0.4) is 0 Å². The molecule has 0 amide bonds. The van der Waals surface area contributed by atoms with Crippen molar-refractivity contribution in [3.05, 3.63) is 36.3 Å². The number of esters is 1. The molecule has 0 aliphatic rings. The van der Waals surface area contributed by atoms with Gasteiger partial charge in [0, 0.05) is 10.8 Å². The van der Waals surface area contributed by atoms with Gasteiger partial charge in [0.05, 0.1) is 19.3 Å². The van der Waals surface area contributed by atoms with Crippen molar-refractivity contribution in [1.29, 1.82) is 0 Å². The number of hydrogen-bond acceptors (Lipinski definition) is 5. The molecular formula is C14H12O5. The molecule has 1 aromatic heterocycles. The van der Waals surface area contributed by atoms with E-state index in [9.17, 15) is 14.4 Å². The van der Waals surface area contributed by atoms with Crippen molar-refractivity contribution in [3.8, 4) is 0 Å². The Hall–Kier alpha value is -2.43. The van der Waals surface area contributed by atoms with Crippen LogP contribution in [-0.2, 0) is 14.3 Å². The maximum absolute atomic E-state index is 11.9. The van der Waals surface area contributed by atoms with Crippen LogP contribution in [0.5, 0.6) is 0 Å². The van der Waals surface area contributed by atoms with E-state index in [1.54, 1.807) is 25.1 Å². The molecule has 1 aromatic carbocycles. The Balaban J connectivity index is 2.16. The topological polar surface area (TPSA) is 73.6 Å². The van der Waals surface area contributed by atoms with E-state index in [0.29, 0.717) is 5.39 Å². The van der Waals surface area contributed by atoms with Crippen LogP contribution in [0, 0.1) is 0 Å². The molecule has 0 radical (unpaired) electrons. The zero-order valence-electron chi connectivity index (χ0n) is 10.3. The molecule has 0 N–H and O–H groups in total. The van der Waals surface area contributed by atoms with Gasteiger partial charge in [0.2, 0.25) is 11.6 Å². The number of hydrogen-bond donors (Lipinski definition) is 0. The minimum absolute atomic E-state index is 0.0910. The quantitative estimate of drug-likeness (QED) is 0.356. The summed E-state index contributed by atoms with van der Waals surface area (Å²) in [5, 5.41) is 1.40. The molecule has 2 aromatic rings. The monoisotopic (exact) mass is 260 g/mol. The number of benzene rings is 1. The molecule has 5 nitrogen and oxygen atoms in total. The van der Waals surface area contributed by atoms with Crippen LogP contribution in [0.1, 0.15) is 23.9 Å². The lowest BCUT2D eigenvalue weighted by Crippen LogP contribution is -2.20. The average Bonchev–Trinajstić information content (AvgIpc) is 2.82. The van der Waals surface area contributed by atoms with Gasteiger partial charge in [-0.15, -0.1) is 0 Å². The zero-order chi connectivity index (χ0) is 13.8. The maximum Gasteiger partial charge on any atom is 0.375 e. The summed E-state index contributed by atoms with van der Waals surface area (Å²) >= 11 is 0. The SMILES string of the molecule is CCOC(=O)C(=O)CC(=O)c1occ2ccccc12. The fourth-order valence-electron chi connectivity index (χ4n) is 1.72. The summed E-state index contributed by atoms with van der Waals surface area (Å²) in [6, 6.07) is 7.10. The fourth-order valence-corrected chi connectivity index (χ4v) is 1.72. The lowest BCUT2D eigenvalue weighted by Gasteiger charge is -1.99. The van der Waals surface area contributed by atoms with Gasteiger partial charge < -0.3 is 9.15 Å². The lowest BCUT2D eigenvalue weighted by atomic mass is 10.1. The van der Waals surface area contributed by atoms with Crippen LogP contribution < -0.4 is 0 Å². The average molecular weight is 260 g/mol. The number of rotatable bonds is 5. The minimum atomic E-state index is -0.994. The second-order valence-corrected chi connectivity index (χ2v) is 3.90. The highest BCUT2D eigenvalue weighted by Gasteiger charge is 2.23.